The number of rotatable bonds is 9. The Hall–Kier alpha value is -1.89. The molecule has 0 aromatic heterocycles. The van der Waals surface area contributed by atoms with Gasteiger partial charge in [-0.1, -0.05) is 36.8 Å². The molecule has 1 heterocycles. The van der Waals surface area contributed by atoms with Crippen LogP contribution in [0.2, 0.25) is 0 Å². The Labute approximate surface area is 185 Å². The Morgan fingerprint density at radius 2 is 2.03 bits per heavy atom. The van der Waals surface area contributed by atoms with Crippen LogP contribution in [-0.2, 0) is 14.3 Å². The van der Waals surface area contributed by atoms with E-state index in [0.29, 0.717) is 19.3 Å². The van der Waals surface area contributed by atoms with Crippen molar-refractivity contribution in [2.24, 2.45) is 11.8 Å². The first-order chi connectivity index (χ1) is 14.9. The van der Waals surface area contributed by atoms with Gasteiger partial charge in [0.1, 0.15) is 18.5 Å². The molecule has 1 aliphatic carbocycles. The van der Waals surface area contributed by atoms with Crippen LogP contribution < -0.4 is 4.74 Å². The van der Waals surface area contributed by atoms with Crippen molar-refractivity contribution in [3.8, 4) is 5.75 Å². The van der Waals surface area contributed by atoms with E-state index in [1.807, 2.05) is 50.3 Å². The van der Waals surface area contributed by atoms with Crippen molar-refractivity contribution in [3.05, 3.63) is 42.5 Å². The van der Waals surface area contributed by atoms with Gasteiger partial charge in [-0.05, 0) is 51.2 Å². The van der Waals surface area contributed by atoms with E-state index in [1.165, 1.54) is 0 Å². The molecule has 1 aliphatic heterocycles. The molecular formula is C25H36O6. The van der Waals surface area contributed by atoms with E-state index in [2.05, 4.69) is 0 Å². The number of carbonyl (C=O) groups is 1. The fourth-order valence-corrected chi connectivity index (χ4v) is 4.63. The summed E-state index contributed by atoms with van der Waals surface area (Å²) in [5.74, 6) is 0.719. The summed E-state index contributed by atoms with van der Waals surface area (Å²) >= 11 is 0. The van der Waals surface area contributed by atoms with Crippen LogP contribution in [0.5, 0.6) is 5.75 Å². The molecule has 2 fully saturated rings. The lowest BCUT2D eigenvalue weighted by molar-refractivity contribution is -0.148. The summed E-state index contributed by atoms with van der Waals surface area (Å²) in [6.45, 7) is 3.87. The molecule has 0 bridgehead atoms. The third-order valence-corrected chi connectivity index (χ3v) is 6.08. The predicted molar refractivity (Wildman–Crippen MR) is 118 cm³/mol. The largest absolute Gasteiger partial charge is 0.491 e. The minimum Gasteiger partial charge on any atom is -0.491 e. The molecule has 1 aromatic rings. The Balaban J connectivity index is 1.49. The van der Waals surface area contributed by atoms with Gasteiger partial charge in [-0.25, -0.2) is 0 Å². The van der Waals surface area contributed by atoms with Gasteiger partial charge >= 0.3 is 5.97 Å². The second kappa shape index (κ2) is 11.7. The van der Waals surface area contributed by atoms with Crippen LogP contribution >= 0.6 is 0 Å². The molecule has 31 heavy (non-hydrogen) atoms. The second-order valence-corrected chi connectivity index (χ2v) is 8.93. The zero-order valence-electron chi connectivity index (χ0n) is 18.6. The average molecular weight is 433 g/mol. The van der Waals surface area contributed by atoms with E-state index in [1.54, 1.807) is 6.08 Å². The number of aliphatic hydroxyl groups is 2. The zero-order chi connectivity index (χ0) is 22.2. The van der Waals surface area contributed by atoms with Crippen LogP contribution in [0.4, 0.5) is 0 Å². The zero-order valence-corrected chi connectivity index (χ0v) is 18.6. The van der Waals surface area contributed by atoms with Crippen LogP contribution in [0.15, 0.2) is 42.5 Å². The Bertz CT molecular complexity index is 703. The Kier molecular flexibility index (Phi) is 8.93. The molecule has 0 spiro atoms. The summed E-state index contributed by atoms with van der Waals surface area (Å²) in [4.78, 5) is 11.8. The third kappa shape index (κ3) is 7.34. The highest BCUT2D eigenvalue weighted by atomic mass is 16.5. The first kappa shape index (κ1) is 23.8. The number of aliphatic hydroxyl groups excluding tert-OH is 2. The first-order valence-electron chi connectivity index (χ1n) is 11.5. The van der Waals surface area contributed by atoms with E-state index in [-0.39, 0.29) is 42.7 Å². The van der Waals surface area contributed by atoms with Gasteiger partial charge in [0.2, 0.25) is 0 Å². The quantitative estimate of drug-likeness (QED) is 0.458. The maximum Gasteiger partial charge on any atom is 0.306 e. The van der Waals surface area contributed by atoms with Crippen LogP contribution in [-0.4, -0.2) is 53.3 Å². The van der Waals surface area contributed by atoms with E-state index in [4.69, 9.17) is 14.2 Å². The molecule has 0 amide bonds. The van der Waals surface area contributed by atoms with E-state index in [9.17, 15) is 15.0 Å². The normalized spacial score (nSPS) is 29.5. The number of benzene rings is 1. The monoisotopic (exact) mass is 432 g/mol. The van der Waals surface area contributed by atoms with Crippen molar-refractivity contribution in [1.82, 2.24) is 0 Å². The molecule has 0 radical (unpaired) electrons. The predicted octanol–water partition coefficient (Wildman–Crippen LogP) is 3.65. The number of ether oxygens (including phenoxy) is 3. The summed E-state index contributed by atoms with van der Waals surface area (Å²) in [5.41, 5.74) is 0. The molecule has 6 nitrogen and oxygen atoms in total. The van der Waals surface area contributed by atoms with Crippen molar-refractivity contribution in [1.29, 1.82) is 0 Å². The van der Waals surface area contributed by atoms with Crippen LogP contribution in [0.1, 0.15) is 52.4 Å². The van der Waals surface area contributed by atoms with Gasteiger partial charge in [0, 0.05) is 18.8 Å². The number of hydrogen-bond donors (Lipinski definition) is 2. The van der Waals surface area contributed by atoms with E-state index in [0.717, 1.165) is 25.0 Å². The fourth-order valence-electron chi connectivity index (χ4n) is 4.63. The number of carbonyl (C=O) groups excluding carboxylic acids is 1. The van der Waals surface area contributed by atoms with Gasteiger partial charge in [0.25, 0.3) is 0 Å². The third-order valence-electron chi connectivity index (χ3n) is 6.08. The van der Waals surface area contributed by atoms with Gasteiger partial charge in [0.15, 0.2) is 0 Å². The lowest BCUT2D eigenvalue weighted by atomic mass is 9.88. The smallest absolute Gasteiger partial charge is 0.306 e. The summed E-state index contributed by atoms with van der Waals surface area (Å²) in [7, 11) is 0. The molecule has 3 rings (SSSR count). The topological polar surface area (TPSA) is 85.2 Å². The van der Waals surface area contributed by atoms with Crippen LogP contribution in [0, 0.1) is 11.8 Å². The molecule has 2 N–H and O–H groups in total. The van der Waals surface area contributed by atoms with Gasteiger partial charge in [-0.15, -0.1) is 0 Å². The maximum atomic E-state index is 11.8. The van der Waals surface area contributed by atoms with E-state index >= 15 is 0 Å². The maximum absolute atomic E-state index is 11.8. The Morgan fingerprint density at radius 3 is 2.77 bits per heavy atom. The highest BCUT2D eigenvalue weighted by Crippen LogP contribution is 2.42. The number of fused-ring (bicyclic) bond motifs is 1. The van der Waals surface area contributed by atoms with Crippen molar-refractivity contribution in [2.75, 3.05) is 6.61 Å². The highest BCUT2D eigenvalue weighted by molar-refractivity contribution is 5.69. The molecule has 2 aliphatic rings. The molecule has 1 saturated heterocycles. The highest BCUT2D eigenvalue weighted by Gasteiger charge is 2.43. The molecule has 172 valence electrons. The number of para-hydroxylation sites is 1. The van der Waals surface area contributed by atoms with Gasteiger partial charge in [-0.3, -0.25) is 4.79 Å². The lowest BCUT2D eigenvalue weighted by Gasteiger charge is -2.23. The SMILES string of the molecule is CC(C)OC(=O)CC[C@H]1CCC[C@@H]2[C@@H](C=C[C@@H](O)COc3ccccc3)[C@H](O)C[C@@H]2O1. The number of hydrogen-bond acceptors (Lipinski definition) is 6. The minimum absolute atomic E-state index is 0.0176. The summed E-state index contributed by atoms with van der Waals surface area (Å²) in [5, 5.41) is 20.9. The Morgan fingerprint density at radius 1 is 1.26 bits per heavy atom. The molecule has 6 heteroatoms. The standard InChI is InChI=1S/C25H36O6/c1-17(2)30-25(28)14-12-20-9-6-10-22-21(23(27)15-24(22)31-20)13-11-18(26)16-29-19-7-4-3-5-8-19/h3-5,7-8,11,13,17-18,20-24,26-27H,6,9-10,12,14-16H2,1-2H3/t18-,20-,21-,22-,23-,24+/m1/s1. The molecule has 1 saturated carbocycles. The van der Waals surface area contributed by atoms with Crippen molar-refractivity contribution in [3.63, 3.8) is 0 Å². The summed E-state index contributed by atoms with van der Waals surface area (Å²) in [6.07, 6.45) is 6.83. The molecule has 0 unspecified atom stereocenters. The van der Waals surface area contributed by atoms with Crippen molar-refractivity contribution < 1.29 is 29.2 Å². The first-order valence-corrected chi connectivity index (χ1v) is 11.5. The lowest BCUT2D eigenvalue weighted by Crippen LogP contribution is -2.25. The molecule has 6 atom stereocenters. The fraction of sp³-hybridized carbons (Fsp3) is 0.640. The van der Waals surface area contributed by atoms with Crippen molar-refractivity contribution in [2.45, 2.75) is 82.9 Å². The van der Waals surface area contributed by atoms with E-state index < -0.39 is 12.2 Å². The van der Waals surface area contributed by atoms with Gasteiger partial charge < -0.3 is 24.4 Å². The van der Waals surface area contributed by atoms with Gasteiger partial charge in [-0.2, -0.15) is 0 Å². The summed E-state index contributed by atoms with van der Waals surface area (Å²) in [6, 6.07) is 9.39. The van der Waals surface area contributed by atoms with Crippen LogP contribution in [0.3, 0.4) is 0 Å². The molecule has 1 aromatic carbocycles. The molecular weight excluding hydrogens is 396 g/mol. The second-order valence-electron chi connectivity index (χ2n) is 8.93. The summed E-state index contributed by atoms with van der Waals surface area (Å²) < 4.78 is 17.1. The minimum atomic E-state index is -0.738. The average Bonchev–Trinajstić information content (AvgIpc) is 2.89. The van der Waals surface area contributed by atoms with Crippen LogP contribution in [0.25, 0.3) is 0 Å². The number of esters is 1. The van der Waals surface area contributed by atoms with Crippen molar-refractivity contribution >= 4 is 5.97 Å². The van der Waals surface area contributed by atoms with Gasteiger partial charge in [0.05, 0.1) is 24.4 Å².